The van der Waals surface area contributed by atoms with Crippen molar-refractivity contribution in [2.24, 2.45) is 0 Å². The van der Waals surface area contributed by atoms with E-state index in [1.165, 1.54) is 12.3 Å². The summed E-state index contributed by atoms with van der Waals surface area (Å²) in [6.45, 7) is 2.39. The number of carbonyl (C=O) groups excluding carboxylic acids is 1. The minimum Gasteiger partial charge on any atom is -0.493 e. The van der Waals surface area contributed by atoms with Crippen LogP contribution in [0.1, 0.15) is 20.3 Å². The maximum atomic E-state index is 14.5. The summed E-state index contributed by atoms with van der Waals surface area (Å²) in [5, 5.41) is 1.70. The smallest absolute Gasteiger partial charge is 0.314 e. The first-order valence-electron chi connectivity index (χ1n) is 9.26. The number of pyridine rings is 1. The van der Waals surface area contributed by atoms with Gasteiger partial charge in [0.2, 0.25) is 11.8 Å². The highest BCUT2D eigenvalue weighted by Crippen LogP contribution is 2.29. The van der Waals surface area contributed by atoms with Gasteiger partial charge in [0.05, 0.1) is 18.8 Å². The quantitative estimate of drug-likeness (QED) is 0.352. The van der Waals surface area contributed by atoms with Crippen molar-refractivity contribution >= 4 is 28.1 Å². The highest BCUT2D eigenvalue weighted by atomic mass is 35.5. The molecule has 3 rings (SSSR count). The van der Waals surface area contributed by atoms with Crippen LogP contribution in [0, 0.1) is 5.82 Å². The molecular formula is C20H19ClF3N3O4. The van der Waals surface area contributed by atoms with Crippen LogP contribution in [0.15, 0.2) is 34.9 Å². The molecule has 7 nitrogen and oxygen atoms in total. The van der Waals surface area contributed by atoms with Crippen molar-refractivity contribution in [2.75, 3.05) is 13.2 Å². The summed E-state index contributed by atoms with van der Waals surface area (Å²) < 4.78 is 56.6. The summed E-state index contributed by atoms with van der Waals surface area (Å²) in [5.41, 5.74) is 0.594. The molecule has 0 aliphatic rings. The van der Waals surface area contributed by atoms with Crippen molar-refractivity contribution in [3.05, 3.63) is 36.3 Å². The third-order valence-electron chi connectivity index (χ3n) is 4.05. The predicted molar refractivity (Wildman–Crippen MR) is 107 cm³/mol. The minimum atomic E-state index is -2.82. The van der Waals surface area contributed by atoms with E-state index < -0.39 is 23.5 Å². The van der Waals surface area contributed by atoms with Crippen LogP contribution in [-0.4, -0.2) is 40.5 Å². The molecule has 1 N–H and O–H groups in total. The molecule has 11 heteroatoms. The first kappa shape index (κ1) is 22.7. The fourth-order valence-corrected chi connectivity index (χ4v) is 2.74. The van der Waals surface area contributed by atoms with E-state index in [0.717, 1.165) is 13.0 Å². The maximum absolute atomic E-state index is 14.5. The number of fused-ring (bicyclic) bond motifs is 1. The van der Waals surface area contributed by atoms with E-state index in [0.29, 0.717) is 16.8 Å². The van der Waals surface area contributed by atoms with Crippen molar-refractivity contribution in [3.63, 3.8) is 0 Å². The zero-order valence-corrected chi connectivity index (χ0v) is 17.4. The van der Waals surface area contributed by atoms with E-state index in [-0.39, 0.29) is 36.6 Å². The number of alkyl halides is 2. The third-order valence-corrected chi connectivity index (χ3v) is 4.16. The summed E-state index contributed by atoms with van der Waals surface area (Å²) in [7, 11) is 0. The number of hydrogen-bond donors (Lipinski definition) is 1. The lowest BCUT2D eigenvalue weighted by Crippen LogP contribution is -2.33. The average molecular weight is 458 g/mol. The zero-order chi connectivity index (χ0) is 22.6. The van der Waals surface area contributed by atoms with Crippen molar-refractivity contribution in [2.45, 2.75) is 32.2 Å². The van der Waals surface area contributed by atoms with Crippen LogP contribution in [0.2, 0.25) is 0 Å². The predicted octanol–water partition coefficient (Wildman–Crippen LogP) is 5.17. The number of hydrogen-bond acceptors (Lipinski definition) is 6. The molecule has 0 radical (unpaired) electrons. The van der Waals surface area contributed by atoms with Gasteiger partial charge in [0.25, 0.3) is 0 Å². The Labute approximate surface area is 180 Å². The first-order chi connectivity index (χ1) is 14.6. The van der Waals surface area contributed by atoms with E-state index in [4.69, 9.17) is 25.5 Å². The van der Waals surface area contributed by atoms with Crippen LogP contribution in [0.4, 0.5) is 18.0 Å². The SMILES string of the molecule is C[C@@H](COc1cnc(-c2nc3ccc(OCCC(C)(F)F)cc3o2)c(F)c1)NC(=O)Cl. The molecule has 3 aromatic rings. The molecule has 0 unspecified atom stereocenters. The van der Waals surface area contributed by atoms with Gasteiger partial charge in [-0.2, -0.15) is 0 Å². The second-order valence-corrected chi connectivity index (χ2v) is 7.29. The van der Waals surface area contributed by atoms with Gasteiger partial charge in [-0.05, 0) is 37.6 Å². The Morgan fingerprint density at radius 2 is 2.06 bits per heavy atom. The number of rotatable bonds is 9. The fourth-order valence-electron chi connectivity index (χ4n) is 2.56. The molecule has 0 bridgehead atoms. The molecule has 0 spiro atoms. The van der Waals surface area contributed by atoms with Crippen LogP contribution in [0.25, 0.3) is 22.7 Å². The summed E-state index contributed by atoms with van der Waals surface area (Å²) >= 11 is 5.22. The molecule has 0 fully saturated rings. The van der Waals surface area contributed by atoms with E-state index in [2.05, 4.69) is 15.3 Å². The van der Waals surface area contributed by atoms with Crippen molar-refractivity contribution in [3.8, 4) is 23.1 Å². The maximum Gasteiger partial charge on any atom is 0.314 e. The first-order valence-corrected chi connectivity index (χ1v) is 9.64. The third kappa shape index (κ3) is 6.48. The second kappa shape index (κ2) is 9.42. The number of halogens is 4. The molecule has 0 saturated heterocycles. The fraction of sp³-hybridized carbons (Fsp3) is 0.350. The summed E-state index contributed by atoms with van der Waals surface area (Å²) in [4.78, 5) is 19.0. The van der Waals surface area contributed by atoms with Crippen LogP contribution in [0.3, 0.4) is 0 Å². The standard InChI is InChI=1S/C20H19ClF3N3O4/c1-11(26-19(21)28)10-30-13-7-14(22)17(25-9-13)18-27-15-4-3-12(8-16(15)31-18)29-6-5-20(2,23)24/h3-4,7-9,11H,5-6,10H2,1-2H3,(H,26,28)/t11-/m0/s1. The van der Waals surface area contributed by atoms with Gasteiger partial charge in [0.15, 0.2) is 17.1 Å². The molecule has 1 atom stereocenters. The van der Waals surface area contributed by atoms with E-state index in [9.17, 15) is 18.0 Å². The molecule has 1 aromatic carbocycles. The largest absolute Gasteiger partial charge is 0.493 e. The highest BCUT2D eigenvalue weighted by molar-refractivity contribution is 6.62. The van der Waals surface area contributed by atoms with Crippen LogP contribution < -0.4 is 14.8 Å². The monoisotopic (exact) mass is 457 g/mol. The Bertz CT molecular complexity index is 1070. The molecule has 2 aromatic heterocycles. The molecule has 2 heterocycles. The summed E-state index contributed by atoms with van der Waals surface area (Å²) in [6.07, 6.45) is 0.870. The molecule has 166 valence electrons. The van der Waals surface area contributed by atoms with Gasteiger partial charge in [-0.25, -0.2) is 23.1 Å². The van der Waals surface area contributed by atoms with Gasteiger partial charge >= 0.3 is 5.37 Å². The van der Waals surface area contributed by atoms with E-state index in [1.54, 1.807) is 19.1 Å². The Kier molecular flexibility index (Phi) is 6.89. The normalized spacial score (nSPS) is 12.6. The Morgan fingerprint density at radius 1 is 1.29 bits per heavy atom. The minimum absolute atomic E-state index is 0.0564. The molecular weight excluding hydrogens is 439 g/mol. The topological polar surface area (TPSA) is 86.5 Å². The van der Waals surface area contributed by atoms with Crippen LogP contribution in [0.5, 0.6) is 11.5 Å². The number of oxazole rings is 1. The Morgan fingerprint density at radius 3 is 2.74 bits per heavy atom. The van der Waals surface area contributed by atoms with Crippen molar-refractivity contribution in [1.82, 2.24) is 15.3 Å². The number of carbonyl (C=O) groups is 1. The Hall–Kier alpha value is -3.01. The Balaban J connectivity index is 1.70. The van der Waals surface area contributed by atoms with Gasteiger partial charge in [-0.1, -0.05) is 0 Å². The lowest BCUT2D eigenvalue weighted by Gasteiger charge is -2.13. The number of benzene rings is 1. The van der Waals surface area contributed by atoms with E-state index >= 15 is 0 Å². The average Bonchev–Trinajstić information content (AvgIpc) is 3.08. The van der Waals surface area contributed by atoms with Crippen LogP contribution in [-0.2, 0) is 0 Å². The number of aromatic nitrogens is 2. The van der Waals surface area contributed by atoms with Gasteiger partial charge in [-0.15, -0.1) is 0 Å². The van der Waals surface area contributed by atoms with Gasteiger partial charge in [0, 0.05) is 18.6 Å². The van der Waals surface area contributed by atoms with E-state index in [1.807, 2.05) is 0 Å². The summed E-state index contributed by atoms with van der Waals surface area (Å²) in [6, 6.07) is 5.35. The van der Waals surface area contributed by atoms with Gasteiger partial charge < -0.3 is 19.2 Å². The van der Waals surface area contributed by atoms with Gasteiger partial charge in [0.1, 0.15) is 23.6 Å². The molecule has 0 saturated carbocycles. The summed E-state index contributed by atoms with van der Waals surface area (Å²) in [5.74, 6) is -3.12. The lowest BCUT2D eigenvalue weighted by atomic mass is 10.3. The second-order valence-electron chi connectivity index (χ2n) is 6.95. The molecule has 0 aliphatic heterocycles. The van der Waals surface area contributed by atoms with Crippen molar-refractivity contribution < 1.29 is 31.9 Å². The molecule has 0 aliphatic carbocycles. The van der Waals surface area contributed by atoms with Gasteiger partial charge in [-0.3, -0.25) is 4.79 Å². The molecule has 1 amide bonds. The van der Waals surface area contributed by atoms with Crippen LogP contribution >= 0.6 is 11.6 Å². The van der Waals surface area contributed by atoms with Crippen molar-refractivity contribution in [1.29, 1.82) is 0 Å². The number of nitrogens with one attached hydrogen (secondary N) is 1. The number of ether oxygens (including phenoxy) is 2. The zero-order valence-electron chi connectivity index (χ0n) is 16.6. The number of nitrogens with zero attached hydrogens (tertiary/aromatic N) is 2. The lowest BCUT2D eigenvalue weighted by molar-refractivity contribution is 0.000871. The highest BCUT2D eigenvalue weighted by Gasteiger charge is 2.21. The number of amides is 1. The molecule has 31 heavy (non-hydrogen) atoms.